The van der Waals surface area contributed by atoms with E-state index in [9.17, 15) is 5.11 Å². The number of hydrogen-bond donors (Lipinski definition) is 1. The fourth-order valence-electron chi connectivity index (χ4n) is 2.14. The number of aromatic hydroxyl groups is 1. The highest BCUT2D eigenvalue weighted by Crippen LogP contribution is 2.41. The smallest absolute Gasteiger partial charge is 0.120 e. The third-order valence-electron chi connectivity index (χ3n) is 2.79. The van der Waals surface area contributed by atoms with Gasteiger partial charge in [-0.3, -0.25) is 0 Å². The van der Waals surface area contributed by atoms with Crippen LogP contribution in [0.2, 0.25) is 0 Å². The maximum absolute atomic E-state index is 9.72. The zero-order valence-electron chi connectivity index (χ0n) is 7.46. The summed E-state index contributed by atoms with van der Waals surface area (Å²) in [6, 6.07) is 5.66. The summed E-state index contributed by atoms with van der Waals surface area (Å²) in [6.45, 7) is 0. The summed E-state index contributed by atoms with van der Waals surface area (Å²) in [6.07, 6.45) is 5.03. The lowest BCUT2D eigenvalue weighted by Crippen LogP contribution is -1.93. The predicted molar refractivity (Wildman–Crippen MR) is 57.0 cm³/mol. The first-order valence-electron chi connectivity index (χ1n) is 4.76. The van der Waals surface area contributed by atoms with Crippen molar-refractivity contribution in [2.24, 2.45) is 0 Å². The average molecular weight is 241 g/mol. The molecular weight excluding hydrogens is 228 g/mol. The summed E-state index contributed by atoms with van der Waals surface area (Å²) in [4.78, 5) is 0. The van der Waals surface area contributed by atoms with Crippen molar-refractivity contribution in [2.45, 2.75) is 31.6 Å². The molecule has 0 aliphatic heterocycles. The van der Waals surface area contributed by atoms with Gasteiger partial charge in [-0.25, -0.2) is 0 Å². The van der Waals surface area contributed by atoms with E-state index in [0.717, 1.165) is 10.0 Å². The Morgan fingerprint density at radius 3 is 2.54 bits per heavy atom. The zero-order chi connectivity index (χ0) is 9.26. The lowest BCUT2D eigenvalue weighted by molar-refractivity contribution is 0.460. The van der Waals surface area contributed by atoms with Crippen LogP contribution < -0.4 is 0 Å². The molecule has 1 aromatic rings. The van der Waals surface area contributed by atoms with E-state index in [1.165, 1.54) is 25.7 Å². The Kier molecular flexibility index (Phi) is 2.58. The van der Waals surface area contributed by atoms with E-state index in [4.69, 9.17) is 0 Å². The van der Waals surface area contributed by atoms with Gasteiger partial charge in [0.05, 0.1) is 0 Å². The second-order valence-electron chi connectivity index (χ2n) is 3.65. The Labute approximate surface area is 86.9 Å². The van der Waals surface area contributed by atoms with E-state index in [1.807, 2.05) is 12.1 Å². The van der Waals surface area contributed by atoms with Crippen molar-refractivity contribution in [3.8, 4) is 5.75 Å². The predicted octanol–water partition coefficient (Wildman–Crippen LogP) is 3.81. The van der Waals surface area contributed by atoms with Crippen molar-refractivity contribution in [1.82, 2.24) is 0 Å². The van der Waals surface area contributed by atoms with Crippen LogP contribution in [0, 0.1) is 0 Å². The lowest BCUT2D eigenvalue weighted by atomic mass is 9.97. The molecule has 70 valence electrons. The van der Waals surface area contributed by atoms with Crippen LogP contribution in [0.15, 0.2) is 22.7 Å². The fraction of sp³-hybridized carbons (Fsp3) is 0.455. The average Bonchev–Trinajstić information content (AvgIpc) is 2.57. The molecule has 0 aromatic heterocycles. The van der Waals surface area contributed by atoms with Crippen molar-refractivity contribution in [2.75, 3.05) is 0 Å². The summed E-state index contributed by atoms with van der Waals surface area (Å²) in [5, 5.41) is 9.72. The van der Waals surface area contributed by atoms with E-state index in [1.54, 1.807) is 6.07 Å². The minimum atomic E-state index is 0.446. The summed E-state index contributed by atoms with van der Waals surface area (Å²) >= 11 is 3.50. The van der Waals surface area contributed by atoms with Crippen LogP contribution in [-0.2, 0) is 0 Å². The van der Waals surface area contributed by atoms with Crippen LogP contribution in [0.4, 0.5) is 0 Å². The standard InChI is InChI=1S/C11H13BrO/c12-9-6-3-7-10(13)11(9)8-4-1-2-5-8/h3,6-8,13H,1-2,4-5H2. The molecule has 0 heterocycles. The summed E-state index contributed by atoms with van der Waals surface area (Å²) in [5.74, 6) is 1.01. The minimum absolute atomic E-state index is 0.446. The third-order valence-corrected chi connectivity index (χ3v) is 3.48. The highest BCUT2D eigenvalue weighted by Gasteiger charge is 2.21. The van der Waals surface area contributed by atoms with Crippen molar-refractivity contribution < 1.29 is 5.11 Å². The normalized spacial score (nSPS) is 17.9. The molecule has 0 radical (unpaired) electrons. The number of benzene rings is 1. The number of rotatable bonds is 1. The van der Waals surface area contributed by atoms with Crippen LogP contribution in [0.5, 0.6) is 5.75 Å². The second-order valence-corrected chi connectivity index (χ2v) is 4.51. The van der Waals surface area contributed by atoms with Gasteiger partial charge in [-0.2, -0.15) is 0 Å². The van der Waals surface area contributed by atoms with Gasteiger partial charge in [-0.1, -0.05) is 34.8 Å². The Morgan fingerprint density at radius 2 is 1.92 bits per heavy atom. The van der Waals surface area contributed by atoms with Crippen molar-refractivity contribution >= 4 is 15.9 Å². The number of halogens is 1. The molecule has 0 saturated heterocycles. The molecule has 0 bridgehead atoms. The monoisotopic (exact) mass is 240 g/mol. The molecule has 1 nitrogen and oxygen atoms in total. The Bertz CT molecular complexity index is 283. The molecule has 0 spiro atoms. The quantitative estimate of drug-likeness (QED) is 0.792. The largest absolute Gasteiger partial charge is 0.508 e. The van der Waals surface area contributed by atoms with Crippen molar-refractivity contribution in [1.29, 1.82) is 0 Å². The molecule has 1 saturated carbocycles. The minimum Gasteiger partial charge on any atom is -0.508 e. The molecule has 1 aliphatic rings. The molecule has 0 unspecified atom stereocenters. The highest BCUT2D eigenvalue weighted by atomic mass is 79.9. The lowest BCUT2D eigenvalue weighted by Gasteiger charge is -2.13. The van der Waals surface area contributed by atoms with Crippen LogP contribution in [0.1, 0.15) is 37.2 Å². The summed E-state index contributed by atoms with van der Waals surface area (Å²) in [7, 11) is 0. The second kappa shape index (κ2) is 3.70. The maximum Gasteiger partial charge on any atom is 0.120 e. The van der Waals surface area contributed by atoms with Gasteiger partial charge in [0.25, 0.3) is 0 Å². The van der Waals surface area contributed by atoms with Crippen molar-refractivity contribution in [3.05, 3.63) is 28.2 Å². The molecular formula is C11H13BrO. The number of phenols is 1. The Morgan fingerprint density at radius 1 is 1.23 bits per heavy atom. The number of phenolic OH excluding ortho intramolecular Hbond substituents is 1. The first-order valence-corrected chi connectivity index (χ1v) is 5.55. The maximum atomic E-state index is 9.72. The van der Waals surface area contributed by atoms with Gasteiger partial charge in [0.15, 0.2) is 0 Å². The molecule has 13 heavy (non-hydrogen) atoms. The summed E-state index contributed by atoms with van der Waals surface area (Å²) < 4.78 is 1.06. The third kappa shape index (κ3) is 1.73. The molecule has 0 amide bonds. The van der Waals surface area contributed by atoms with Crippen LogP contribution in [0.3, 0.4) is 0 Å². The van der Waals surface area contributed by atoms with Crippen LogP contribution in [0.25, 0.3) is 0 Å². The van der Waals surface area contributed by atoms with Gasteiger partial charge in [0.1, 0.15) is 5.75 Å². The topological polar surface area (TPSA) is 20.2 Å². The molecule has 1 aromatic carbocycles. The van der Waals surface area contributed by atoms with Crippen LogP contribution in [-0.4, -0.2) is 5.11 Å². The first kappa shape index (κ1) is 9.07. The van der Waals surface area contributed by atoms with Gasteiger partial charge < -0.3 is 5.11 Å². The zero-order valence-corrected chi connectivity index (χ0v) is 9.05. The van der Waals surface area contributed by atoms with E-state index < -0.39 is 0 Å². The van der Waals surface area contributed by atoms with Gasteiger partial charge in [0.2, 0.25) is 0 Å². The Balaban J connectivity index is 2.37. The van der Waals surface area contributed by atoms with Crippen molar-refractivity contribution in [3.63, 3.8) is 0 Å². The molecule has 1 aliphatic carbocycles. The van der Waals surface area contributed by atoms with E-state index in [0.29, 0.717) is 11.7 Å². The van der Waals surface area contributed by atoms with Gasteiger partial charge in [-0.15, -0.1) is 0 Å². The molecule has 2 heteroatoms. The SMILES string of the molecule is Oc1cccc(Br)c1C1CCCC1. The molecule has 1 N–H and O–H groups in total. The van der Waals surface area contributed by atoms with Gasteiger partial charge in [-0.05, 0) is 30.9 Å². The van der Waals surface area contributed by atoms with Crippen LogP contribution >= 0.6 is 15.9 Å². The molecule has 2 rings (SSSR count). The van der Waals surface area contributed by atoms with Gasteiger partial charge in [0, 0.05) is 10.0 Å². The molecule has 1 fully saturated rings. The fourth-order valence-corrected chi connectivity index (χ4v) is 2.82. The van der Waals surface area contributed by atoms with E-state index >= 15 is 0 Å². The Hall–Kier alpha value is -0.500. The molecule has 0 atom stereocenters. The number of hydrogen-bond acceptors (Lipinski definition) is 1. The summed E-state index contributed by atoms with van der Waals surface area (Å²) in [5.41, 5.74) is 1.11. The first-order chi connectivity index (χ1) is 6.29. The van der Waals surface area contributed by atoms with E-state index in [2.05, 4.69) is 15.9 Å². The van der Waals surface area contributed by atoms with E-state index in [-0.39, 0.29) is 0 Å². The van der Waals surface area contributed by atoms with Gasteiger partial charge >= 0.3 is 0 Å². The highest BCUT2D eigenvalue weighted by molar-refractivity contribution is 9.10.